The smallest absolute Gasteiger partial charge is 0.243 e. The minimum absolute atomic E-state index is 0. The van der Waals surface area contributed by atoms with Crippen molar-refractivity contribution < 1.29 is 9.59 Å². The number of hydrogen-bond donors (Lipinski definition) is 2. The molecule has 1 unspecified atom stereocenters. The second-order valence-corrected chi connectivity index (χ2v) is 8.17. The Kier molecular flexibility index (Phi) is 7.49. The predicted molar refractivity (Wildman–Crippen MR) is 93.3 cm³/mol. The van der Waals surface area contributed by atoms with E-state index in [0.717, 1.165) is 25.9 Å². The highest BCUT2D eigenvalue weighted by molar-refractivity contribution is 7.99. The Bertz CT molecular complexity index is 395. The summed E-state index contributed by atoms with van der Waals surface area (Å²) in [5, 5.41) is 6.40. The lowest BCUT2D eigenvalue weighted by molar-refractivity contribution is -0.139. The molecule has 0 radical (unpaired) electrons. The molecule has 0 spiro atoms. The van der Waals surface area contributed by atoms with Crippen molar-refractivity contribution in [3.8, 4) is 0 Å². The highest BCUT2D eigenvalue weighted by Crippen LogP contribution is 2.26. The summed E-state index contributed by atoms with van der Waals surface area (Å²) < 4.78 is 0. The molecule has 2 saturated heterocycles. The van der Waals surface area contributed by atoms with Crippen molar-refractivity contribution in [2.24, 2.45) is 5.41 Å². The van der Waals surface area contributed by atoms with E-state index >= 15 is 0 Å². The van der Waals surface area contributed by atoms with Gasteiger partial charge >= 0.3 is 0 Å². The van der Waals surface area contributed by atoms with Gasteiger partial charge in [-0.05, 0) is 24.8 Å². The number of thioether (sulfide) groups is 1. The molecule has 2 rings (SSSR count). The van der Waals surface area contributed by atoms with Crippen LogP contribution in [-0.2, 0) is 9.59 Å². The van der Waals surface area contributed by atoms with Crippen LogP contribution in [0.15, 0.2) is 0 Å². The highest BCUT2D eigenvalue weighted by atomic mass is 35.5. The Morgan fingerprint density at radius 1 is 1.36 bits per heavy atom. The molecule has 0 aromatic carbocycles. The van der Waals surface area contributed by atoms with Crippen molar-refractivity contribution in [1.82, 2.24) is 15.5 Å². The van der Waals surface area contributed by atoms with Gasteiger partial charge in [0.1, 0.15) is 6.04 Å². The summed E-state index contributed by atoms with van der Waals surface area (Å²) in [6, 6.07) is -0.0943. The summed E-state index contributed by atoms with van der Waals surface area (Å²) in [4.78, 5) is 26.6. The highest BCUT2D eigenvalue weighted by Gasteiger charge is 2.36. The van der Waals surface area contributed by atoms with E-state index in [1.54, 1.807) is 16.7 Å². The average Bonchev–Trinajstić information content (AvgIpc) is 2.87. The van der Waals surface area contributed by atoms with Crippen LogP contribution in [0.3, 0.4) is 0 Å². The fourth-order valence-electron chi connectivity index (χ4n) is 2.73. The first-order valence-electron chi connectivity index (χ1n) is 7.75. The molecule has 0 bridgehead atoms. The fourth-order valence-corrected chi connectivity index (χ4v) is 3.91. The van der Waals surface area contributed by atoms with Gasteiger partial charge in [0, 0.05) is 24.8 Å². The van der Waals surface area contributed by atoms with Crippen LogP contribution in [0.4, 0.5) is 0 Å². The van der Waals surface area contributed by atoms with Gasteiger partial charge < -0.3 is 15.5 Å². The first-order chi connectivity index (χ1) is 9.87. The van der Waals surface area contributed by atoms with Crippen LogP contribution >= 0.6 is 24.2 Å². The summed E-state index contributed by atoms with van der Waals surface area (Å²) >= 11 is 1.66. The Morgan fingerprint density at radius 3 is 2.68 bits per heavy atom. The molecular formula is C15H28ClN3O2S. The monoisotopic (exact) mass is 349 g/mol. The van der Waals surface area contributed by atoms with Gasteiger partial charge in [-0.1, -0.05) is 20.8 Å². The minimum Gasteiger partial charge on any atom is -0.350 e. The summed E-state index contributed by atoms with van der Waals surface area (Å²) in [7, 11) is 0. The molecule has 5 nitrogen and oxygen atoms in total. The molecule has 2 N–H and O–H groups in total. The van der Waals surface area contributed by atoms with E-state index in [1.807, 2.05) is 0 Å². The second kappa shape index (κ2) is 8.41. The zero-order valence-corrected chi connectivity index (χ0v) is 15.3. The maximum atomic E-state index is 12.4. The number of carbonyl (C=O) groups is 2. The molecule has 7 heteroatoms. The maximum Gasteiger partial charge on any atom is 0.243 e. The molecule has 2 fully saturated rings. The average molecular weight is 350 g/mol. The molecule has 128 valence electrons. The van der Waals surface area contributed by atoms with E-state index in [4.69, 9.17) is 0 Å². The van der Waals surface area contributed by atoms with Crippen molar-refractivity contribution >= 4 is 36.0 Å². The zero-order valence-electron chi connectivity index (χ0n) is 13.7. The van der Waals surface area contributed by atoms with Crippen LogP contribution in [-0.4, -0.2) is 53.5 Å². The molecule has 0 saturated carbocycles. The predicted octanol–water partition coefficient (Wildman–Crippen LogP) is 1.61. The molecule has 2 aliphatic rings. The number of piperidine rings is 1. The van der Waals surface area contributed by atoms with Gasteiger partial charge in [-0.15, -0.1) is 24.2 Å². The third-order valence-electron chi connectivity index (χ3n) is 3.83. The lowest BCUT2D eigenvalue weighted by atomic mass is 9.91. The topological polar surface area (TPSA) is 61.4 Å². The first-order valence-corrected chi connectivity index (χ1v) is 8.90. The van der Waals surface area contributed by atoms with Crippen molar-refractivity contribution in [2.45, 2.75) is 52.1 Å². The number of hydrogen-bond acceptors (Lipinski definition) is 4. The number of nitrogens with one attached hydrogen (secondary N) is 2. The number of nitrogens with zero attached hydrogens (tertiary/aromatic N) is 1. The van der Waals surface area contributed by atoms with Crippen LogP contribution in [0.5, 0.6) is 0 Å². The molecule has 0 aliphatic carbocycles. The zero-order chi connectivity index (χ0) is 15.5. The van der Waals surface area contributed by atoms with Crippen molar-refractivity contribution in [3.05, 3.63) is 0 Å². The maximum absolute atomic E-state index is 12.4. The van der Waals surface area contributed by atoms with Crippen molar-refractivity contribution in [1.29, 1.82) is 0 Å². The lowest BCUT2D eigenvalue weighted by Crippen LogP contribution is -2.53. The third-order valence-corrected chi connectivity index (χ3v) is 4.84. The molecule has 0 aromatic heterocycles. The Hall–Kier alpha value is -0.460. The van der Waals surface area contributed by atoms with Gasteiger partial charge in [0.25, 0.3) is 0 Å². The number of rotatable bonds is 3. The molecular weight excluding hydrogens is 322 g/mol. The minimum atomic E-state index is -0.299. The summed E-state index contributed by atoms with van der Waals surface area (Å²) in [5.74, 6) is 1.45. The van der Waals surface area contributed by atoms with E-state index < -0.39 is 0 Å². The van der Waals surface area contributed by atoms with Crippen LogP contribution in [0.2, 0.25) is 0 Å². The summed E-state index contributed by atoms with van der Waals surface area (Å²) in [6.07, 6.45) is 2.61. The number of carbonyl (C=O) groups excluding carboxylic acids is 2. The lowest BCUT2D eigenvalue weighted by Gasteiger charge is -2.29. The molecule has 2 amide bonds. The standard InChI is InChI=1S/C15H27N3O2S.ClH/c1-15(2,3)7-13(19)18-10-21-9-12(18)14(20)17-11-5-4-6-16-8-11;/h11-12,16H,4-10H2,1-3H3,(H,17,20);1H/t11-,12?;/m0./s1. The number of amides is 2. The van der Waals surface area contributed by atoms with E-state index in [0.29, 0.717) is 18.1 Å². The van der Waals surface area contributed by atoms with Gasteiger partial charge in [-0.2, -0.15) is 0 Å². The Labute approximate surface area is 143 Å². The second-order valence-electron chi connectivity index (χ2n) is 7.17. The first kappa shape index (κ1) is 19.6. The van der Waals surface area contributed by atoms with Crippen molar-refractivity contribution in [2.75, 3.05) is 24.7 Å². The Balaban J connectivity index is 0.00000242. The van der Waals surface area contributed by atoms with Crippen LogP contribution in [0.1, 0.15) is 40.0 Å². The Morgan fingerprint density at radius 2 is 2.09 bits per heavy atom. The molecule has 2 atom stereocenters. The SMILES string of the molecule is CC(C)(C)CC(=O)N1CSCC1C(=O)N[C@H]1CCCNC1.Cl. The van der Waals surface area contributed by atoms with E-state index in [9.17, 15) is 9.59 Å². The summed E-state index contributed by atoms with van der Waals surface area (Å²) in [6.45, 7) is 8.02. The van der Waals surface area contributed by atoms with Crippen LogP contribution in [0, 0.1) is 5.41 Å². The molecule has 2 aliphatic heterocycles. The largest absolute Gasteiger partial charge is 0.350 e. The van der Waals surface area contributed by atoms with E-state index in [1.165, 1.54) is 0 Å². The van der Waals surface area contributed by atoms with Gasteiger partial charge in [0.2, 0.25) is 11.8 Å². The fraction of sp³-hybridized carbons (Fsp3) is 0.867. The molecule has 2 heterocycles. The van der Waals surface area contributed by atoms with Gasteiger partial charge in [0.05, 0.1) is 5.88 Å². The third kappa shape index (κ3) is 5.63. The van der Waals surface area contributed by atoms with Gasteiger partial charge in [-0.3, -0.25) is 9.59 Å². The van der Waals surface area contributed by atoms with Gasteiger partial charge in [-0.25, -0.2) is 0 Å². The molecule has 22 heavy (non-hydrogen) atoms. The van der Waals surface area contributed by atoms with Gasteiger partial charge in [0.15, 0.2) is 0 Å². The van der Waals surface area contributed by atoms with E-state index in [-0.39, 0.29) is 41.7 Å². The van der Waals surface area contributed by atoms with Crippen molar-refractivity contribution in [3.63, 3.8) is 0 Å². The molecule has 0 aromatic rings. The number of halogens is 1. The van der Waals surface area contributed by atoms with Crippen LogP contribution < -0.4 is 10.6 Å². The van der Waals surface area contributed by atoms with E-state index in [2.05, 4.69) is 31.4 Å². The van der Waals surface area contributed by atoms with Crippen LogP contribution in [0.25, 0.3) is 0 Å². The normalized spacial score (nSPS) is 25.5. The summed E-state index contributed by atoms with van der Waals surface area (Å²) in [5.41, 5.74) is -0.0430. The quantitative estimate of drug-likeness (QED) is 0.812.